The van der Waals surface area contributed by atoms with Crippen molar-refractivity contribution in [2.24, 2.45) is 14.1 Å². The highest BCUT2D eigenvalue weighted by molar-refractivity contribution is 5.79. The molecule has 0 spiro atoms. The van der Waals surface area contributed by atoms with Gasteiger partial charge in [0.05, 0.1) is 22.4 Å². The van der Waals surface area contributed by atoms with Gasteiger partial charge < -0.3 is 15.2 Å². The zero-order valence-corrected chi connectivity index (χ0v) is 14.6. The predicted molar refractivity (Wildman–Crippen MR) is 87.3 cm³/mol. The third kappa shape index (κ3) is 2.74. The van der Waals surface area contributed by atoms with Crippen LogP contribution in [0.1, 0.15) is 37.4 Å². The lowest BCUT2D eigenvalue weighted by Crippen LogP contribution is -2.06. The van der Waals surface area contributed by atoms with E-state index in [2.05, 4.69) is 10.2 Å². The third-order valence-electron chi connectivity index (χ3n) is 4.08. The smallest absolute Gasteiger partial charge is 0.322 e. The van der Waals surface area contributed by atoms with Crippen molar-refractivity contribution in [3.8, 4) is 11.4 Å². The van der Waals surface area contributed by atoms with E-state index in [9.17, 15) is 10.1 Å². The molecule has 0 aliphatic carbocycles. The SMILES string of the molecule is COC(C)c1c(N)c(-c2nn(C)c(C(C)OC)c2[N+](=O)[O-])nn1C. The van der Waals surface area contributed by atoms with Crippen LogP contribution in [-0.2, 0) is 23.6 Å². The maximum Gasteiger partial charge on any atom is 0.322 e. The van der Waals surface area contributed by atoms with Crippen molar-refractivity contribution in [2.45, 2.75) is 26.1 Å². The van der Waals surface area contributed by atoms with Gasteiger partial charge in [-0.1, -0.05) is 0 Å². The van der Waals surface area contributed by atoms with Gasteiger partial charge in [0.1, 0.15) is 17.5 Å². The van der Waals surface area contributed by atoms with Crippen LogP contribution < -0.4 is 5.73 Å². The molecule has 0 radical (unpaired) electrons. The second-order valence-electron chi connectivity index (χ2n) is 5.49. The molecule has 0 aliphatic heterocycles. The quantitative estimate of drug-likeness (QED) is 0.628. The fraction of sp³-hybridized carbons (Fsp3) is 0.571. The fourth-order valence-electron chi connectivity index (χ4n) is 2.75. The average Bonchev–Trinajstić information content (AvgIpc) is 3.02. The molecule has 0 fully saturated rings. The summed E-state index contributed by atoms with van der Waals surface area (Å²) in [5, 5.41) is 20.2. The highest BCUT2D eigenvalue weighted by atomic mass is 16.6. The first-order valence-corrected chi connectivity index (χ1v) is 7.34. The Morgan fingerprint density at radius 1 is 1.04 bits per heavy atom. The van der Waals surface area contributed by atoms with Crippen LogP contribution in [0.3, 0.4) is 0 Å². The molecule has 0 amide bonds. The first kappa shape index (κ1) is 17.9. The van der Waals surface area contributed by atoms with E-state index in [1.807, 2.05) is 6.92 Å². The third-order valence-corrected chi connectivity index (χ3v) is 4.08. The van der Waals surface area contributed by atoms with Crippen molar-refractivity contribution in [3.05, 3.63) is 21.5 Å². The monoisotopic (exact) mass is 338 g/mol. The summed E-state index contributed by atoms with van der Waals surface area (Å²) in [7, 11) is 6.37. The fourth-order valence-corrected chi connectivity index (χ4v) is 2.75. The molecule has 0 bridgehead atoms. The molecule has 132 valence electrons. The minimum Gasteiger partial charge on any atom is -0.395 e. The second-order valence-corrected chi connectivity index (χ2v) is 5.49. The molecule has 24 heavy (non-hydrogen) atoms. The Morgan fingerprint density at radius 3 is 2.00 bits per heavy atom. The van der Waals surface area contributed by atoms with E-state index in [1.54, 1.807) is 32.8 Å². The van der Waals surface area contributed by atoms with Gasteiger partial charge in [0.15, 0.2) is 5.69 Å². The molecule has 2 atom stereocenters. The number of ether oxygens (including phenoxy) is 2. The zero-order chi connectivity index (χ0) is 18.2. The van der Waals surface area contributed by atoms with Gasteiger partial charge >= 0.3 is 5.69 Å². The number of aryl methyl sites for hydroxylation is 2. The number of methoxy groups -OCH3 is 2. The van der Waals surface area contributed by atoms with Crippen LogP contribution in [0.15, 0.2) is 0 Å². The Kier molecular flexibility index (Phi) is 4.90. The highest BCUT2D eigenvalue weighted by Gasteiger charge is 2.34. The lowest BCUT2D eigenvalue weighted by atomic mass is 10.1. The summed E-state index contributed by atoms with van der Waals surface area (Å²) >= 11 is 0. The molecule has 0 saturated carbocycles. The summed E-state index contributed by atoms with van der Waals surface area (Å²) in [6, 6.07) is 0. The molecular weight excluding hydrogens is 316 g/mol. The zero-order valence-electron chi connectivity index (χ0n) is 14.6. The summed E-state index contributed by atoms with van der Waals surface area (Å²) < 4.78 is 13.5. The Hall–Kier alpha value is -2.46. The van der Waals surface area contributed by atoms with Gasteiger partial charge in [0.25, 0.3) is 0 Å². The topological polar surface area (TPSA) is 123 Å². The molecule has 10 heteroatoms. The van der Waals surface area contributed by atoms with Crippen molar-refractivity contribution < 1.29 is 14.4 Å². The molecule has 2 rings (SSSR count). The maximum atomic E-state index is 11.6. The van der Waals surface area contributed by atoms with Crippen LogP contribution in [-0.4, -0.2) is 38.7 Å². The van der Waals surface area contributed by atoms with Crippen LogP contribution in [0, 0.1) is 10.1 Å². The van der Waals surface area contributed by atoms with Gasteiger partial charge in [0, 0.05) is 28.3 Å². The number of hydrogen-bond acceptors (Lipinski definition) is 7. The van der Waals surface area contributed by atoms with Gasteiger partial charge in [-0.2, -0.15) is 10.2 Å². The number of anilines is 1. The van der Waals surface area contributed by atoms with Crippen molar-refractivity contribution >= 4 is 11.4 Å². The van der Waals surface area contributed by atoms with E-state index in [1.165, 1.54) is 11.8 Å². The van der Waals surface area contributed by atoms with Gasteiger partial charge in [-0.05, 0) is 13.8 Å². The number of hydrogen-bond donors (Lipinski definition) is 1. The van der Waals surface area contributed by atoms with Crippen LogP contribution in [0.5, 0.6) is 0 Å². The van der Waals surface area contributed by atoms with Crippen LogP contribution >= 0.6 is 0 Å². The number of nitrogen functional groups attached to an aromatic ring is 1. The van der Waals surface area contributed by atoms with Gasteiger partial charge in [-0.25, -0.2) is 0 Å². The number of nitrogens with zero attached hydrogens (tertiary/aromatic N) is 5. The van der Waals surface area contributed by atoms with E-state index in [4.69, 9.17) is 15.2 Å². The molecule has 2 unspecified atom stereocenters. The molecule has 2 N–H and O–H groups in total. The van der Waals surface area contributed by atoms with Crippen LogP contribution in [0.2, 0.25) is 0 Å². The minimum atomic E-state index is -0.501. The molecular formula is C14H22N6O4. The largest absolute Gasteiger partial charge is 0.395 e. The Labute approximate surface area is 139 Å². The molecule has 2 aromatic heterocycles. The van der Waals surface area contributed by atoms with E-state index in [0.717, 1.165) is 0 Å². The molecule has 0 saturated heterocycles. The van der Waals surface area contributed by atoms with Gasteiger partial charge in [-0.15, -0.1) is 0 Å². The molecule has 2 heterocycles. The van der Waals surface area contributed by atoms with E-state index in [-0.39, 0.29) is 23.2 Å². The minimum absolute atomic E-state index is 0.115. The average molecular weight is 338 g/mol. The summed E-state index contributed by atoms with van der Waals surface area (Å²) in [6.07, 6.45) is -0.810. The van der Waals surface area contributed by atoms with E-state index < -0.39 is 11.0 Å². The van der Waals surface area contributed by atoms with Crippen molar-refractivity contribution in [2.75, 3.05) is 20.0 Å². The van der Waals surface area contributed by atoms with Crippen molar-refractivity contribution in [1.82, 2.24) is 19.6 Å². The molecule has 0 aliphatic rings. The maximum absolute atomic E-state index is 11.6. The summed E-state index contributed by atoms with van der Waals surface area (Å²) in [5.41, 5.74) is 7.69. The van der Waals surface area contributed by atoms with Crippen molar-refractivity contribution in [3.63, 3.8) is 0 Å². The molecule has 10 nitrogen and oxygen atoms in total. The first-order chi connectivity index (χ1) is 11.2. The molecule has 0 aromatic carbocycles. The number of rotatable bonds is 6. The lowest BCUT2D eigenvalue weighted by Gasteiger charge is -2.10. The standard InChI is InChI=1S/C14H22N6O4/c1-7(23-5)12-9(15)10(16-18(12)3)11-14(20(21)22)13(8(2)24-6)19(4)17-11/h7-8H,15H2,1-6H3. The van der Waals surface area contributed by atoms with Crippen molar-refractivity contribution in [1.29, 1.82) is 0 Å². The Bertz CT molecular complexity index is 766. The first-order valence-electron chi connectivity index (χ1n) is 7.34. The van der Waals surface area contributed by atoms with E-state index >= 15 is 0 Å². The van der Waals surface area contributed by atoms with Crippen LogP contribution in [0.4, 0.5) is 11.4 Å². The number of aromatic nitrogens is 4. The van der Waals surface area contributed by atoms with Crippen LogP contribution in [0.25, 0.3) is 11.4 Å². The summed E-state index contributed by atoms with van der Waals surface area (Å²) in [4.78, 5) is 11.2. The van der Waals surface area contributed by atoms with Gasteiger partial charge in [-0.3, -0.25) is 19.5 Å². The predicted octanol–water partition coefficient (Wildman–Crippen LogP) is 1.73. The summed E-state index contributed by atoms with van der Waals surface area (Å²) in [6.45, 7) is 3.54. The Morgan fingerprint density at radius 2 is 1.50 bits per heavy atom. The van der Waals surface area contributed by atoms with Gasteiger partial charge in [0.2, 0.25) is 0 Å². The number of nitrogens with two attached hydrogens (primary N) is 1. The number of nitro groups is 1. The summed E-state index contributed by atoms with van der Waals surface area (Å²) in [5.74, 6) is 0. The lowest BCUT2D eigenvalue weighted by molar-refractivity contribution is -0.385. The second kappa shape index (κ2) is 6.57. The normalized spacial score (nSPS) is 13.9. The van der Waals surface area contributed by atoms with E-state index in [0.29, 0.717) is 17.1 Å². The Balaban J connectivity index is 2.73. The highest BCUT2D eigenvalue weighted by Crippen LogP contribution is 2.39. The molecule has 2 aromatic rings.